The van der Waals surface area contributed by atoms with E-state index < -0.39 is 0 Å². The number of imidazole rings is 1. The van der Waals surface area contributed by atoms with E-state index in [1.807, 2.05) is 6.92 Å². The molecule has 11 heavy (non-hydrogen) atoms. The summed E-state index contributed by atoms with van der Waals surface area (Å²) >= 11 is 0. The van der Waals surface area contributed by atoms with Crippen LogP contribution >= 0.6 is 0 Å². The van der Waals surface area contributed by atoms with E-state index in [0.717, 1.165) is 30.1 Å². The molecule has 1 rings (SSSR count). The highest BCUT2D eigenvalue weighted by Crippen LogP contribution is 2.08. The SMILES string of the molecule is CCc1nc(C)c(CC)n1N. The molecule has 0 aliphatic heterocycles. The van der Waals surface area contributed by atoms with Crippen molar-refractivity contribution < 1.29 is 0 Å². The molecule has 1 aromatic heterocycles. The van der Waals surface area contributed by atoms with Crippen molar-refractivity contribution in [2.75, 3.05) is 5.84 Å². The maximum Gasteiger partial charge on any atom is 0.127 e. The number of aryl methyl sites for hydroxylation is 2. The second-order valence-electron chi connectivity index (χ2n) is 2.64. The number of hydrogen-bond donors (Lipinski definition) is 1. The first-order valence-electron chi connectivity index (χ1n) is 4.02. The van der Waals surface area contributed by atoms with Crippen LogP contribution < -0.4 is 5.84 Å². The average molecular weight is 153 g/mol. The summed E-state index contributed by atoms with van der Waals surface area (Å²) in [6, 6.07) is 0. The van der Waals surface area contributed by atoms with Gasteiger partial charge in [0.05, 0.1) is 11.4 Å². The van der Waals surface area contributed by atoms with Crippen LogP contribution in [0.4, 0.5) is 0 Å². The van der Waals surface area contributed by atoms with E-state index in [0.29, 0.717) is 0 Å². The highest BCUT2D eigenvalue weighted by Gasteiger charge is 2.07. The molecule has 2 N–H and O–H groups in total. The Bertz CT molecular complexity index is 250. The first kappa shape index (κ1) is 8.11. The Morgan fingerprint density at radius 3 is 2.27 bits per heavy atom. The van der Waals surface area contributed by atoms with Crippen LogP contribution in [0.1, 0.15) is 31.1 Å². The van der Waals surface area contributed by atoms with E-state index in [1.54, 1.807) is 4.68 Å². The highest BCUT2D eigenvalue weighted by molar-refractivity contribution is 5.15. The van der Waals surface area contributed by atoms with Crippen LogP contribution in [0.15, 0.2) is 0 Å². The summed E-state index contributed by atoms with van der Waals surface area (Å²) in [4.78, 5) is 4.34. The normalized spacial score (nSPS) is 10.5. The lowest BCUT2D eigenvalue weighted by Gasteiger charge is -2.01. The van der Waals surface area contributed by atoms with Crippen LogP contribution in [0.2, 0.25) is 0 Å². The van der Waals surface area contributed by atoms with Crippen molar-refractivity contribution >= 4 is 0 Å². The summed E-state index contributed by atoms with van der Waals surface area (Å²) in [5.74, 6) is 6.75. The average Bonchev–Trinajstić information content (AvgIpc) is 2.26. The summed E-state index contributed by atoms with van der Waals surface area (Å²) < 4.78 is 1.70. The van der Waals surface area contributed by atoms with Crippen molar-refractivity contribution in [1.82, 2.24) is 9.66 Å². The number of rotatable bonds is 2. The summed E-state index contributed by atoms with van der Waals surface area (Å²) in [5.41, 5.74) is 2.20. The minimum absolute atomic E-state index is 0.900. The molecule has 62 valence electrons. The van der Waals surface area contributed by atoms with Crippen molar-refractivity contribution in [3.8, 4) is 0 Å². The maximum atomic E-state index is 5.78. The first-order chi connectivity index (χ1) is 5.20. The van der Waals surface area contributed by atoms with Crippen LogP contribution in [0.25, 0.3) is 0 Å². The Kier molecular flexibility index (Phi) is 2.17. The molecule has 3 nitrogen and oxygen atoms in total. The van der Waals surface area contributed by atoms with Crippen LogP contribution in [0.3, 0.4) is 0 Å². The van der Waals surface area contributed by atoms with E-state index >= 15 is 0 Å². The Morgan fingerprint density at radius 1 is 1.36 bits per heavy atom. The maximum absolute atomic E-state index is 5.78. The second kappa shape index (κ2) is 2.95. The molecule has 1 aromatic rings. The Balaban J connectivity index is 3.14. The fourth-order valence-electron chi connectivity index (χ4n) is 1.32. The lowest BCUT2D eigenvalue weighted by molar-refractivity contribution is 0.812. The van der Waals surface area contributed by atoms with E-state index in [-0.39, 0.29) is 0 Å². The molecule has 0 bridgehead atoms. The Labute approximate surface area is 67.2 Å². The van der Waals surface area contributed by atoms with Gasteiger partial charge in [0.1, 0.15) is 5.82 Å². The zero-order valence-electron chi connectivity index (χ0n) is 7.39. The third kappa shape index (κ3) is 1.23. The van der Waals surface area contributed by atoms with Gasteiger partial charge in [0.2, 0.25) is 0 Å². The molecule has 0 atom stereocenters. The van der Waals surface area contributed by atoms with Gasteiger partial charge in [-0.3, -0.25) is 4.68 Å². The minimum Gasteiger partial charge on any atom is -0.338 e. The van der Waals surface area contributed by atoms with Crippen molar-refractivity contribution in [2.24, 2.45) is 0 Å². The molecule has 0 unspecified atom stereocenters. The third-order valence-corrected chi connectivity index (χ3v) is 1.93. The van der Waals surface area contributed by atoms with E-state index in [9.17, 15) is 0 Å². The van der Waals surface area contributed by atoms with E-state index in [2.05, 4.69) is 18.8 Å². The first-order valence-corrected chi connectivity index (χ1v) is 4.02. The second-order valence-corrected chi connectivity index (χ2v) is 2.64. The lowest BCUT2D eigenvalue weighted by Crippen LogP contribution is -2.15. The molecule has 1 heterocycles. The predicted molar refractivity (Wildman–Crippen MR) is 45.9 cm³/mol. The number of aromatic nitrogens is 2. The van der Waals surface area contributed by atoms with Crippen LogP contribution in [0, 0.1) is 6.92 Å². The van der Waals surface area contributed by atoms with Crippen molar-refractivity contribution in [2.45, 2.75) is 33.6 Å². The van der Waals surface area contributed by atoms with Gasteiger partial charge in [0.25, 0.3) is 0 Å². The topological polar surface area (TPSA) is 43.8 Å². The molecule has 0 aliphatic rings. The molecule has 0 radical (unpaired) electrons. The van der Waals surface area contributed by atoms with E-state index in [1.165, 1.54) is 0 Å². The monoisotopic (exact) mass is 153 g/mol. The number of nitrogens with two attached hydrogens (primary N) is 1. The largest absolute Gasteiger partial charge is 0.338 e. The van der Waals surface area contributed by atoms with Crippen molar-refractivity contribution in [1.29, 1.82) is 0 Å². The van der Waals surface area contributed by atoms with Gasteiger partial charge in [-0.1, -0.05) is 13.8 Å². The number of nitrogens with zero attached hydrogens (tertiary/aromatic N) is 2. The smallest absolute Gasteiger partial charge is 0.127 e. The highest BCUT2D eigenvalue weighted by atomic mass is 15.3. The van der Waals surface area contributed by atoms with E-state index in [4.69, 9.17) is 5.84 Å². The fraction of sp³-hybridized carbons (Fsp3) is 0.625. The number of hydrogen-bond acceptors (Lipinski definition) is 2. The Hall–Kier alpha value is -0.990. The molecular weight excluding hydrogens is 138 g/mol. The van der Waals surface area contributed by atoms with Gasteiger partial charge >= 0.3 is 0 Å². The number of nitrogen functional groups attached to an aromatic ring is 1. The van der Waals surface area contributed by atoms with Gasteiger partial charge in [-0.25, -0.2) is 4.98 Å². The van der Waals surface area contributed by atoms with Crippen molar-refractivity contribution in [3.63, 3.8) is 0 Å². The van der Waals surface area contributed by atoms with Gasteiger partial charge < -0.3 is 5.84 Å². The molecule has 0 spiro atoms. The predicted octanol–water partition coefficient (Wildman–Crippen LogP) is 1.03. The van der Waals surface area contributed by atoms with Gasteiger partial charge in [-0.15, -0.1) is 0 Å². The Morgan fingerprint density at radius 2 is 2.00 bits per heavy atom. The zero-order valence-corrected chi connectivity index (χ0v) is 7.39. The molecule has 0 saturated heterocycles. The molecule has 0 amide bonds. The van der Waals surface area contributed by atoms with Gasteiger partial charge in [0, 0.05) is 6.42 Å². The fourth-order valence-corrected chi connectivity index (χ4v) is 1.32. The quantitative estimate of drug-likeness (QED) is 0.645. The molecular formula is C8H15N3. The lowest BCUT2D eigenvalue weighted by atomic mass is 10.3. The zero-order chi connectivity index (χ0) is 8.43. The standard InChI is InChI=1S/C8H15N3/c1-4-7-6(3)10-8(5-2)11(7)9/h4-5,9H2,1-3H3. The molecule has 0 fully saturated rings. The molecule has 3 heteroatoms. The van der Waals surface area contributed by atoms with Gasteiger partial charge in [-0.2, -0.15) is 0 Å². The van der Waals surface area contributed by atoms with Gasteiger partial charge in [0.15, 0.2) is 0 Å². The molecule has 0 aliphatic carbocycles. The minimum atomic E-state index is 0.900. The summed E-state index contributed by atoms with van der Waals surface area (Å²) in [6.07, 6.45) is 1.85. The van der Waals surface area contributed by atoms with Crippen molar-refractivity contribution in [3.05, 3.63) is 17.2 Å². The summed E-state index contributed by atoms with van der Waals surface area (Å²) in [5, 5.41) is 0. The molecule has 0 aromatic carbocycles. The molecule has 0 saturated carbocycles. The van der Waals surface area contributed by atoms with Crippen LogP contribution in [-0.4, -0.2) is 9.66 Å². The third-order valence-electron chi connectivity index (χ3n) is 1.93. The summed E-state index contributed by atoms with van der Waals surface area (Å²) in [6.45, 7) is 6.15. The van der Waals surface area contributed by atoms with Gasteiger partial charge in [-0.05, 0) is 13.3 Å². The summed E-state index contributed by atoms with van der Waals surface area (Å²) in [7, 11) is 0. The van der Waals surface area contributed by atoms with Crippen LogP contribution in [-0.2, 0) is 12.8 Å². The van der Waals surface area contributed by atoms with Crippen LogP contribution in [0.5, 0.6) is 0 Å².